The van der Waals surface area contributed by atoms with E-state index in [4.69, 9.17) is 14.2 Å². The van der Waals surface area contributed by atoms with E-state index in [0.717, 1.165) is 53.3 Å². The second-order valence-corrected chi connectivity index (χ2v) is 14.2. The first-order chi connectivity index (χ1) is 29.4. The van der Waals surface area contributed by atoms with Crippen LogP contribution in [0.3, 0.4) is 0 Å². The van der Waals surface area contributed by atoms with Gasteiger partial charge in [0.1, 0.15) is 22.9 Å². The molecule has 4 aromatic rings. The van der Waals surface area contributed by atoms with Crippen molar-refractivity contribution in [3.8, 4) is 11.5 Å². The van der Waals surface area contributed by atoms with Crippen LogP contribution in [0.5, 0.6) is 11.5 Å². The van der Waals surface area contributed by atoms with E-state index in [1.165, 1.54) is 11.1 Å². The molecule has 63 heavy (non-hydrogen) atoms. The molecule has 2 amide bonds. The fourth-order valence-electron chi connectivity index (χ4n) is 6.91. The zero-order chi connectivity index (χ0) is 46.8. The zero-order valence-electron chi connectivity index (χ0n) is 42.4. The quantitative estimate of drug-likeness (QED) is 0.148. The van der Waals surface area contributed by atoms with Gasteiger partial charge in [-0.1, -0.05) is 114 Å². The van der Waals surface area contributed by atoms with E-state index in [9.17, 15) is 9.59 Å². The van der Waals surface area contributed by atoms with Crippen molar-refractivity contribution in [2.24, 2.45) is 0 Å². The number of amides is 2. The summed E-state index contributed by atoms with van der Waals surface area (Å²) < 4.78 is 16.4. The van der Waals surface area contributed by atoms with Gasteiger partial charge in [0.15, 0.2) is 0 Å². The Kier molecular flexibility index (Phi) is 35.6. The van der Waals surface area contributed by atoms with Crippen molar-refractivity contribution in [3.05, 3.63) is 118 Å². The maximum absolute atomic E-state index is 12.7. The number of methoxy groups -OCH3 is 1. The second kappa shape index (κ2) is 34.7. The smallest absolute Gasteiger partial charge is 0.272 e. The summed E-state index contributed by atoms with van der Waals surface area (Å²) in [6.45, 7) is 39.2. The number of ether oxygens (including phenoxy) is 3. The Labute approximate surface area is 432 Å². The van der Waals surface area contributed by atoms with E-state index in [1.54, 1.807) is 19.5 Å². The van der Waals surface area contributed by atoms with Gasteiger partial charge in [0.05, 0.1) is 19.8 Å². The molecule has 2 aliphatic heterocycles. The van der Waals surface area contributed by atoms with Gasteiger partial charge in [0, 0.05) is 120 Å². The fourth-order valence-corrected chi connectivity index (χ4v) is 6.91. The minimum Gasteiger partial charge on any atom is -0.494 e. The van der Waals surface area contributed by atoms with E-state index in [-0.39, 0.29) is 86.3 Å². The van der Waals surface area contributed by atoms with E-state index in [0.29, 0.717) is 44.3 Å². The Balaban J connectivity index is -0.000000453. The summed E-state index contributed by atoms with van der Waals surface area (Å²) in [6.07, 6.45) is 4.29. The summed E-state index contributed by atoms with van der Waals surface area (Å²) in [5.41, 5.74) is 7.85. The standard InChI is InChI=1S/C21H26N2O3.C21H26N2O2.5C2H6.2U.H2/c1-5-26-19-7-6-17(10-15(19)2)21(3)13-23(14-21)20(24)18-11-16(12-25-4)8-9-22-18;1-5-16-9-10-22-18(12-16)20(24)23-13-21(4,14-23)17-7-8-19(25-6-2)15(3)11-17;5*1-2;;;/h6-11H,5,12-14H2,1-4H3;7-12H,5-6,13-14H2,1-4H3;5*1-2H3;;;1H/i;;;;;;;;;1+2. The Morgan fingerprint density at radius 1 is 0.587 bits per heavy atom. The van der Waals surface area contributed by atoms with Crippen LogP contribution in [0.1, 0.15) is 160 Å². The summed E-state index contributed by atoms with van der Waals surface area (Å²) in [7, 11) is 1.64. The molecular weight excluding hydrogens is 1240 g/mol. The van der Waals surface area contributed by atoms with Crippen LogP contribution in [0.25, 0.3) is 0 Å². The van der Waals surface area contributed by atoms with E-state index in [2.05, 4.69) is 68.9 Å². The van der Waals surface area contributed by atoms with Crippen LogP contribution in [0.4, 0.5) is 0 Å². The van der Waals surface area contributed by atoms with Gasteiger partial charge in [-0.05, 0) is 104 Å². The van der Waals surface area contributed by atoms with Crippen LogP contribution in [0.15, 0.2) is 73.1 Å². The van der Waals surface area contributed by atoms with Crippen molar-refractivity contribution >= 4 is 11.8 Å². The molecule has 2 saturated heterocycles. The Morgan fingerprint density at radius 3 is 1.25 bits per heavy atom. The van der Waals surface area contributed by atoms with Crippen LogP contribution >= 0.6 is 0 Å². The Hall–Kier alpha value is -2.66. The predicted molar refractivity (Wildman–Crippen MR) is 259 cm³/mol. The van der Waals surface area contributed by atoms with Gasteiger partial charge in [-0.2, -0.15) is 0 Å². The molecule has 6 rings (SSSR count). The summed E-state index contributed by atoms with van der Waals surface area (Å²) in [4.78, 5) is 37.6. The number of nitrogens with zero attached hydrogens (tertiary/aromatic N) is 4. The number of carbonyl (C=O) groups excluding carboxylic acids is 2. The molecule has 11 heteroatoms. The first-order valence-electron chi connectivity index (χ1n) is 22.9. The third kappa shape index (κ3) is 18.6. The molecule has 0 bridgehead atoms. The van der Waals surface area contributed by atoms with Crippen LogP contribution < -0.4 is 9.47 Å². The van der Waals surface area contributed by atoms with Crippen LogP contribution in [0, 0.1) is 76.1 Å². The van der Waals surface area contributed by atoms with Gasteiger partial charge in [0.2, 0.25) is 0 Å². The van der Waals surface area contributed by atoms with Crippen LogP contribution in [0.2, 0.25) is 0 Å². The van der Waals surface area contributed by atoms with E-state index >= 15 is 0 Å². The molecular formula is C52H84N4O5U2. The van der Waals surface area contributed by atoms with Crippen molar-refractivity contribution in [1.82, 2.24) is 19.8 Å². The number of carbonyl (C=O) groups is 2. The fraction of sp³-hybridized carbons (Fsp3) is 0.538. The molecule has 2 aromatic carbocycles. The normalized spacial score (nSPS) is 13.0. The first-order valence-corrected chi connectivity index (χ1v) is 22.9. The van der Waals surface area contributed by atoms with Crippen molar-refractivity contribution < 1.29 is 87.5 Å². The molecule has 4 heterocycles. The number of benzene rings is 2. The van der Waals surface area contributed by atoms with Gasteiger partial charge in [0.25, 0.3) is 11.8 Å². The zero-order valence-corrected chi connectivity index (χ0v) is 50.7. The number of aryl methyl sites for hydroxylation is 3. The SMILES string of the molecule is CC.CC.CC.CC.CC.CCOc1ccc(C2(C)CN(C(=O)c3cc(CC)ccn3)C2)cc1C.CCOc1ccc(C2(C)CN(C(=O)c3cc(COC)ccn3)C2)cc1C.[3HH].[U].[U]. The minimum absolute atomic E-state index is 0. The summed E-state index contributed by atoms with van der Waals surface area (Å²) in [6, 6.07) is 20.2. The minimum atomic E-state index is -0.0324. The molecule has 0 atom stereocenters. The number of pyridine rings is 2. The molecule has 0 aliphatic carbocycles. The molecule has 0 radical (unpaired) electrons. The third-order valence-corrected chi connectivity index (χ3v) is 9.88. The van der Waals surface area contributed by atoms with Gasteiger partial charge < -0.3 is 24.0 Å². The van der Waals surface area contributed by atoms with Crippen molar-refractivity contribution in [2.75, 3.05) is 46.5 Å². The molecule has 9 nitrogen and oxygen atoms in total. The summed E-state index contributed by atoms with van der Waals surface area (Å²) in [5.74, 6) is 1.85. The Bertz CT molecular complexity index is 1870. The van der Waals surface area contributed by atoms with Gasteiger partial charge in [-0.25, -0.2) is 0 Å². The van der Waals surface area contributed by atoms with Crippen molar-refractivity contribution in [3.63, 3.8) is 0 Å². The third-order valence-electron chi connectivity index (χ3n) is 9.88. The summed E-state index contributed by atoms with van der Waals surface area (Å²) >= 11 is 0. The topological polar surface area (TPSA) is 94.1 Å². The number of hydrogen-bond acceptors (Lipinski definition) is 7. The monoisotopic (exact) mass is 1320 g/mol. The van der Waals surface area contributed by atoms with Gasteiger partial charge in [-0.15, -0.1) is 0 Å². The molecule has 350 valence electrons. The van der Waals surface area contributed by atoms with Gasteiger partial charge in [-0.3, -0.25) is 19.6 Å². The van der Waals surface area contributed by atoms with Gasteiger partial charge >= 0.3 is 0 Å². The number of rotatable bonds is 11. The number of hydrogen-bond donors (Lipinski definition) is 0. The largest absolute Gasteiger partial charge is 0.494 e. The van der Waals surface area contributed by atoms with Crippen molar-refractivity contribution in [2.45, 2.75) is 142 Å². The number of likely N-dealkylation sites (tertiary alicyclic amines) is 2. The molecule has 2 aliphatic rings. The molecule has 0 spiro atoms. The molecule has 0 unspecified atom stereocenters. The van der Waals surface area contributed by atoms with E-state index in [1.807, 2.05) is 129 Å². The van der Waals surface area contributed by atoms with Crippen LogP contribution in [-0.2, 0) is 28.6 Å². The Morgan fingerprint density at radius 2 is 0.937 bits per heavy atom. The number of aromatic nitrogens is 2. The second-order valence-electron chi connectivity index (χ2n) is 14.2. The average Bonchev–Trinajstić information content (AvgIpc) is 3.29. The van der Waals surface area contributed by atoms with E-state index < -0.39 is 0 Å². The predicted octanol–water partition coefficient (Wildman–Crippen LogP) is 12.5. The molecule has 0 N–H and O–H groups in total. The molecule has 0 saturated carbocycles. The summed E-state index contributed by atoms with van der Waals surface area (Å²) in [5, 5.41) is 0. The maximum atomic E-state index is 12.7. The molecule has 2 fully saturated rings. The first kappa shape index (κ1) is 64.6. The maximum Gasteiger partial charge on any atom is 0.272 e. The molecule has 2 aromatic heterocycles. The van der Waals surface area contributed by atoms with Crippen molar-refractivity contribution in [1.29, 1.82) is 0 Å². The van der Waals surface area contributed by atoms with Crippen LogP contribution in [-0.4, -0.2) is 78.1 Å². The average molecular weight is 1320 g/mol.